The van der Waals surface area contributed by atoms with Crippen LogP contribution in [0.5, 0.6) is 0 Å². The van der Waals surface area contributed by atoms with Crippen molar-refractivity contribution in [2.24, 2.45) is 5.41 Å². The Morgan fingerprint density at radius 2 is 1.91 bits per heavy atom. The minimum Gasteiger partial charge on any atom is -0.480 e. The van der Waals surface area contributed by atoms with E-state index >= 15 is 0 Å². The van der Waals surface area contributed by atoms with Crippen molar-refractivity contribution in [2.45, 2.75) is 31.7 Å². The average Bonchev–Trinajstić information content (AvgIpc) is 2.76. The smallest absolute Gasteiger partial charge is 0.317 e. The largest absolute Gasteiger partial charge is 0.480 e. The van der Waals surface area contributed by atoms with Crippen molar-refractivity contribution in [1.82, 2.24) is 9.80 Å². The molecule has 124 valence electrons. The van der Waals surface area contributed by atoms with Crippen LogP contribution < -0.4 is 0 Å². The fourth-order valence-corrected chi connectivity index (χ4v) is 4.06. The standard InChI is InChI=1S/C18H24N2O3/c1-19-15(11-14-5-3-2-4-6-14)12-18(17(19)23)7-9-20(10-8-18)13-16(21)22/h2-6,15H,7-13H2,1H3,(H,21,22). The van der Waals surface area contributed by atoms with Crippen molar-refractivity contribution in [2.75, 3.05) is 26.7 Å². The van der Waals surface area contributed by atoms with E-state index in [1.807, 2.05) is 35.0 Å². The lowest BCUT2D eigenvalue weighted by atomic mass is 9.75. The Bertz CT molecular complexity index is 579. The van der Waals surface area contributed by atoms with Crippen molar-refractivity contribution in [1.29, 1.82) is 0 Å². The summed E-state index contributed by atoms with van der Waals surface area (Å²) in [6.45, 7) is 1.47. The molecule has 2 heterocycles. The number of nitrogens with zero attached hydrogens (tertiary/aromatic N) is 2. The lowest BCUT2D eigenvalue weighted by molar-refractivity contribution is -0.140. The number of aliphatic carboxylic acids is 1. The van der Waals surface area contributed by atoms with Crippen molar-refractivity contribution in [3.8, 4) is 0 Å². The maximum Gasteiger partial charge on any atom is 0.317 e. The molecule has 5 heteroatoms. The molecular formula is C18H24N2O3. The molecule has 1 aromatic rings. The van der Waals surface area contributed by atoms with Crippen molar-refractivity contribution in [3.63, 3.8) is 0 Å². The van der Waals surface area contributed by atoms with Crippen LogP contribution in [0.15, 0.2) is 30.3 Å². The predicted molar refractivity (Wildman–Crippen MR) is 87.1 cm³/mol. The summed E-state index contributed by atoms with van der Waals surface area (Å²) in [4.78, 5) is 27.5. The minimum atomic E-state index is -0.794. The van der Waals surface area contributed by atoms with E-state index < -0.39 is 5.97 Å². The Kier molecular flexibility index (Phi) is 4.39. The van der Waals surface area contributed by atoms with Crippen LogP contribution in [-0.4, -0.2) is 59.5 Å². The summed E-state index contributed by atoms with van der Waals surface area (Å²) in [5, 5.41) is 8.91. The van der Waals surface area contributed by atoms with E-state index in [4.69, 9.17) is 5.11 Å². The maximum atomic E-state index is 12.8. The van der Waals surface area contributed by atoms with Crippen LogP contribution in [0.1, 0.15) is 24.8 Å². The molecule has 1 N–H and O–H groups in total. The fraction of sp³-hybridized carbons (Fsp3) is 0.556. The highest BCUT2D eigenvalue weighted by Crippen LogP contribution is 2.44. The Morgan fingerprint density at radius 1 is 1.26 bits per heavy atom. The summed E-state index contributed by atoms with van der Waals surface area (Å²) in [5.74, 6) is -0.550. The molecule has 2 aliphatic heterocycles. The van der Waals surface area contributed by atoms with E-state index in [0.29, 0.717) is 13.1 Å². The first-order valence-electron chi connectivity index (χ1n) is 8.25. The number of carboxylic acid groups (broad SMARTS) is 1. The van der Waals surface area contributed by atoms with Gasteiger partial charge in [0.1, 0.15) is 0 Å². The fourth-order valence-electron chi connectivity index (χ4n) is 4.06. The van der Waals surface area contributed by atoms with Gasteiger partial charge in [-0.25, -0.2) is 0 Å². The predicted octanol–water partition coefficient (Wildman–Crippen LogP) is 1.63. The topological polar surface area (TPSA) is 60.9 Å². The van der Waals surface area contributed by atoms with E-state index in [-0.39, 0.29) is 23.9 Å². The highest BCUT2D eigenvalue weighted by atomic mass is 16.4. The number of piperidine rings is 1. The van der Waals surface area contributed by atoms with E-state index in [2.05, 4.69) is 12.1 Å². The number of carbonyl (C=O) groups is 2. The third-order valence-electron chi connectivity index (χ3n) is 5.43. The molecule has 5 nitrogen and oxygen atoms in total. The Morgan fingerprint density at radius 3 is 2.52 bits per heavy atom. The van der Waals surface area contributed by atoms with Gasteiger partial charge in [0.2, 0.25) is 5.91 Å². The zero-order valence-electron chi connectivity index (χ0n) is 13.6. The van der Waals surface area contributed by atoms with Gasteiger partial charge in [0.15, 0.2) is 0 Å². The number of hydrogen-bond donors (Lipinski definition) is 1. The van der Waals surface area contributed by atoms with Gasteiger partial charge in [0.25, 0.3) is 0 Å². The molecule has 0 saturated carbocycles. The quantitative estimate of drug-likeness (QED) is 0.917. The molecule has 0 aromatic heterocycles. The first kappa shape index (κ1) is 16.0. The van der Waals surface area contributed by atoms with E-state index in [1.54, 1.807) is 0 Å². The second kappa shape index (κ2) is 6.32. The first-order valence-corrected chi connectivity index (χ1v) is 8.25. The van der Waals surface area contributed by atoms with E-state index in [1.165, 1.54) is 5.56 Å². The Balaban J connectivity index is 1.66. The van der Waals surface area contributed by atoms with Crippen LogP contribution in [0.25, 0.3) is 0 Å². The number of likely N-dealkylation sites (N-methyl/N-ethyl adjacent to an activating group) is 1. The van der Waals surface area contributed by atoms with Gasteiger partial charge in [-0.3, -0.25) is 14.5 Å². The molecule has 0 bridgehead atoms. The molecule has 2 aliphatic rings. The number of likely N-dealkylation sites (tertiary alicyclic amines) is 2. The molecule has 23 heavy (non-hydrogen) atoms. The average molecular weight is 316 g/mol. The van der Waals surface area contributed by atoms with Crippen molar-refractivity contribution < 1.29 is 14.7 Å². The van der Waals surface area contributed by atoms with Crippen LogP contribution in [-0.2, 0) is 16.0 Å². The lowest BCUT2D eigenvalue weighted by Gasteiger charge is -2.37. The SMILES string of the molecule is CN1C(=O)C2(CCN(CC(=O)O)CC2)CC1Cc1ccccc1. The van der Waals surface area contributed by atoms with Gasteiger partial charge in [-0.2, -0.15) is 0 Å². The van der Waals surface area contributed by atoms with Gasteiger partial charge in [-0.15, -0.1) is 0 Å². The zero-order valence-corrected chi connectivity index (χ0v) is 13.6. The number of benzene rings is 1. The number of carboxylic acids is 1. The molecule has 2 fully saturated rings. The normalized spacial score (nSPS) is 24.3. The number of amides is 1. The van der Waals surface area contributed by atoms with Crippen LogP contribution in [0.2, 0.25) is 0 Å². The zero-order chi connectivity index (χ0) is 16.4. The summed E-state index contributed by atoms with van der Waals surface area (Å²) in [6, 6.07) is 10.5. The molecule has 0 aliphatic carbocycles. The Labute approximate surface area is 136 Å². The Hall–Kier alpha value is -1.88. The van der Waals surface area contributed by atoms with E-state index in [9.17, 15) is 9.59 Å². The second-order valence-electron chi connectivity index (χ2n) is 6.91. The van der Waals surface area contributed by atoms with Gasteiger partial charge in [0, 0.05) is 13.1 Å². The minimum absolute atomic E-state index is 0.0769. The number of rotatable bonds is 4. The van der Waals surface area contributed by atoms with Gasteiger partial charge < -0.3 is 10.0 Å². The summed E-state index contributed by atoms with van der Waals surface area (Å²) < 4.78 is 0. The molecule has 1 aromatic carbocycles. The lowest BCUT2D eigenvalue weighted by Crippen LogP contribution is -2.45. The van der Waals surface area contributed by atoms with Gasteiger partial charge in [0.05, 0.1) is 12.0 Å². The molecule has 3 rings (SSSR count). The van der Waals surface area contributed by atoms with Crippen molar-refractivity contribution in [3.05, 3.63) is 35.9 Å². The molecule has 1 atom stereocenters. The van der Waals surface area contributed by atoms with Crippen LogP contribution >= 0.6 is 0 Å². The second-order valence-corrected chi connectivity index (χ2v) is 6.91. The summed E-state index contributed by atoms with van der Waals surface area (Å²) in [6.07, 6.45) is 3.32. The number of carbonyl (C=O) groups excluding carboxylic acids is 1. The third kappa shape index (κ3) is 3.24. The molecule has 1 spiro atoms. The van der Waals surface area contributed by atoms with Gasteiger partial charge in [-0.1, -0.05) is 30.3 Å². The summed E-state index contributed by atoms with van der Waals surface area (Å²) in [5.41, 5.74) is 0.987. The number of hydrogen-bond acceptors (Lipinski definition) is 3. The third-order valence-corrected chi connectivity index (χ3v) is 5.43. The molecule has 0 radical (unpaired) electrons. The van der Waals surface area contributed by atoms with Crippen LogP contribution in [0.3, 0.4) is 0 Å². The highest BCUT2D eigenvalue weighted by molar-refractivity contribution is 5.85. The van der Waals surface area contributed by atoms with E-state index in [0.717, 1.165) is 25.7 Å². The first-order chi connectivity index (χ1) is 11.0. The van der Waals surface area contributed by atoms with Gasteiger partial charge >= 0.3 is 5.97 Å². The molecule has 2 saturated heterocycles. The van der Waals surface area contributed by atoms with Crippen molar-refractivity contribution >= 4 is 11.9 Å². The molecular weight excluding hydrogens is 292 g/mol. The highest BCUT2D eigenvalue weighted by Gasteiger charge is 2.51. The summed E-state index contributed by atoms with van der Waals surface area (Å²) in [7, 11) is 1.91. The molecule has 1 amide bonds. The van der Waals surface area contributed by atoms with Crippen LogP contribution in [0, 0.1) is 5.41 Å². The monoisotopic (exact) mass is 316 g/mol. The van der Waals surface area contributed by atoms with Gasteiger partial charge in [-0.05, 0) is 44.3 Å². The molecule has 1 unspecified atom stereocenters. The summed E-state index contributed by atoms with van der Waals surface area (Å²) >= 11 is 0. The maximum absolute atomic E-state index is 12.8. The van der Waals surface area contributed by atoms with Crippen LogP contribution in [0.4, 0.5) is 0 Å².